The summed E-state index contributed by atoms with van der Waals surface area (Å²) in [5.74, 6) is -1.84. The topological polar surface area (TPSA) is 76.0 Å². The van der Waals surface area contributed by atoms with Gasteiger partial charge in [-0.3, -0.25) is 4.79 Å². The lowest BCUT2D eigenvalue weighted by Crippen LogP contribution is -2.32. The summed E-state index contributed by atoms with van der Waals surface area (Å²) < 4.78 is 11.2. The van der Waals surface area contributed by atoms with Gasteiger partial charge in [-0.2, -0.15) is 0 Å². The first-order valence-electron chi connectivity index (χ1n) is 5.80. The number of aliphatic hydroxyl groups is 1. The molecule has 3 fully saturated rings. The minimum absolute atomic E-state index is 0.00519. The number of hydrogen-bond acceptors (Lipinski definition) is 4. The molecule has 0 aromatic carbocycles. The van der Waals surface area contributed by atoms with Crippen molar-refractivity contribution in [3.05, 3.63) is 0 Å². The summed E-state index contributed by atoms with van der Waals surface area (Å²) in [5.41, 5.74) is 0. The van der Waals surface area contributed by atoms with E-state index in [4.69, 9.17) is 14.6 Å². The van der Waals surface area contributed by atoms with Crippen LogP contribution in [0, 0.1) is 17.8 Å². The van der Waals surface area contributed by atoms with E-state index in [1.807, 2.05) is 0 Å². The van der Waals surface area contributed by atoms with Crippen molar-refractivity contribution in [1.82, 2.24) is 0 Å². The van der Waals surface area contributed by atoms with Gasteiger partial charge in [-0.05, 0) is 18.3 Å². The monoisotopic (exact) mass is 228 g/mol. The summed E-state index contributed by atoms with van der Waals surface area (Å²) in [6.07, 6.45) is 1.21. The van der Waals surface area contributed by atoms with Gasteiger partial charge in [0.1, 0.15) is 0 Å². The van der Waals surface area contributed by atoms with Crippen molar-refractivity contribution in [2.24, 2.45) is 17.8 Å². The molecule has 2 saturated carbocycles. The minimum atomic E-state index is -0.893. The fourth-order valence-corrected chi connectivity index (χ4v) is 3.66. The summed E-state index contributed by atoms with van der Waals surface area (Å²) in [5, 5.41) is 18.9. The van der Waals surface area contributed by atoms with Crippen molar-refractivity contribution in [2.75, 3.05) is 13.2 Å². The van der Waals surface area contributed by atoms with E-state index >= 15 is 0 Å². The molecule has 3 rings (SSSR count). The molecule has 0 amide bonds. The second-order valence-corrected chi connectivity index (χ2v) is 5.11. The molecule has 5 heteroatoms. The summed E-state index contributed by atoms with van der Waals surface area (Å²) in [6.45, 7) is 1.19. The van der Waals surface area contributed by atoms with E-state index in [-0.39, 0.29) is 11.8 Å². The first-order valence-corrected chi connectivity index (χ1v) is 5.80. The second-order valence-electron chi connectivity index (χ2n) is 5.11. The number of aliphatic hydroxyl groups excluding tert-OH is 1. The van der Waals surface area contributed by atoms with Gasteiger partial charge in [-0.1, -0.05) is 0 Å². The second kappa shape index (κ2) is 3.42. The highest BCUT2D eigenvalue weighted by atomic mass is 16.7. The Balaban J connectivity index is 1.80. The SMILES string of the molecule is O=C(O)C1[C@H](O)C[C@H]2CC3(C[C@@H]12)OCCO3. The average Bonchev–Trinajstić information content (AvgIpc) is 2.81. The van der Waals surface area contributed by atoms with Gasteiger partial charge in [-0.15, -0.1) is 0 Å². The van der Waals surface area contributed by atoms with Gasteiger partial charge >= 0.3 is 5.97 Å². The van der Waals surface area contributed by atoms with Crippen molar-refractivity contribution in [1.29, 1.82) is 0 Å². The zero-order chi connectivity index (χ0) is 11.3. The Morgan fingerprint density at radius 1 is 1.25 bits per heavy atom. The van der Waals surface area contributed by atoms with Gasteiger partial charge < -0.3 is 19.7 Å². The third-order valence-corrected chi connectivity index (χ3v) is 4.24. The van der Waals surface area contributed by atoms with Crippen LogP contribution < -0.4 is 0 Å². The van der Waals surface area contributed by atoms with Crippen LogP contribution >= 0.6 is 0 Å². The Morgan fingerprint density at radius 2 is 1.94 bits per heavy atom. The van der Waals surface area contributed by atoms with Crippen LogP contribution in [-0.2, 0) is 14.3 Å². The molecule has 0 aromatic heterocycles. The molecule has 1 unspecified atom stereocenters. The van der Waals surface area contributed by atoms with Gasteiger partial charge in [0.15, 0.2) is 5.79 Å². The van der Waals surface area contributed by atoms with E-state index in [1.165, 1.54) is 0 Å². The maximum atomic E-state index is 11.1. The van der Waals surface area contributed by atoms with Crippen molar-refractivity contribution >= 4 is 5.97 Å². The van der Waals surface area contributed by atoms with Crippen LogP contribution in [0.1, 0.15) is 19.3 Å². The third-order valence-electron chi connectivity index (χ3n) is 4.24. The zero-order valence-corrected chi connectivity index (χ0v) is 8.96. The number of aliphatic carboxylic acids is 1. The van der Waals surface area contributed by atoms with Crippen LogP contribution in [0.4, 0.5) is 0 Å². The normalized spacial score (nSPS) is 45.1. The van der Waals surface area contributed by atoms with Crippen LogP contribution in [0.25, 0.3) is 0 Å². The van der Waals surface area contributed by atoms with Gasteiger partial charge in [0.2, 0.25) is 0 Å². The van der Waals surface area contributed by atoms with Gasteiger partial charge in [0.25, 0.3) is 0 Å². The maximum absolute atomic E-state index is 11.1. The van der Waals surface area contributed by atoms with E-state index in [0.717, 1.165) is 6.42 Å². The number of carboxylic acid groups (broad SMARTS) is 1. The van der Waals surface area contributed by atoms with Crippen LogP contribution in [-0.4, -0.2) is 41.3 Å². The average molecular weight is 228 g/mol. The fourth-order valence-electron chi connectivity index (χ4n) is 3.66. The summed E-state index contributed by atoms with van der Waals surface area (Å²) in [7, 11) is 0. The molecule has 1 spiro atoms. The van der Waals surface area contributed by atoms with Crippen LogP contribution in [0.3, 0.4) is 0 Å². The molecule has 0 radical (unpaired) electrons. The van der Waals surface area contributed by atoms with Crippen molar-refractivity contribution in [3.63, 3.8) is 0 Å². The van der Waals surface area contributed by atoms with E-state index in [1.54, 1.807) is 0 Å². The highest BCUT2D eigenvalue weighted by Crippen LogP contribution is 2.54. The van der Waals surface area contributed by atoms with E-state index in [0.29, 0.717) is 26.1 Å². The number of hydrogen-bond donors (Lipinski definition) is 2. The first kappa shape index (κ1) is 10.5. The fraction of sp³-hybridized carbons (Fsp3) is 0.909. The summed E-state index contributed by atoms with van der Waals surface area (Å²) >= 11 is 0. The van der Waals surface area contributed by atoms with Gasteiger partial charge in [-0.25, -0.2) is 0 Å². The predicted molar refractivity (Wildman–Crippen MR) is 52.6 cm³/mol. The quantitative estimate of drug-likeness (QED) is 0.671. The van der Waals surface area contributed by atoms with Crippen molar-refractivity contribution in [2.45, 2.75) is 31.2 Å². The lowest BCUT2D eigenvalue weighted by atomic mass is 9.91. The summed E-state index contributed by atoms with van der Waals surface area (Å²) in [6, 6.07) is 0. The molecule has 4 atom stereocenters. The molecule has 90 valence electrons. The van der Waals surface area contributed by atoms with Gasteiger partial charge in [0, 0.05) is 12.8 Å². The standard InChI is InChI=1S/C11H16O5/c12-8-3-6-4-11(15-1-2-16-11)5-7(6)9(8)10(13)14/h6-9,12H,1-5H2,(H,13,14)/t6-,7+,8+,9?/m0/s1. The molecule has 2 N–H and O–H groups in total. The molecule has 3 aliphatic rings. The number of carboxylic acids is 1. The number of rotatable bonds is 1. The highest BCUT2D eigenvalue weighted by molar-refractivity contribution is 5.71. The molecular formula is C11H16O5. The lowest BCUT2D eigenvalue weighted by Gasteiger charge is -2.24. The number of carbonyl (C=O) groups is 1. The van der Waals surface area contributed by atoms with E-state index in [2.05, 4.69) is 0 Å². The summed E-state index contributed by atoms with van der Waals surface area (Å²) in [4.78, 5) is 11.1. The smallest absolute Gasteiger partial charge is 0.309 e. The van der Waals surface area contributed by atoms with E-state index in [9.17, 15) is 9.90 Å². The van der Waals surface area contributed by atoms with Gasteiger partial charge in [0.05, 0.1) is 25.2 Å². The van der Waals surface area contributed by atoms with Crippen LogP contribution in [0.2, 0.25) is 0 Å². The Labute approximate surface area is 93.3 Å². The van der Waals surface area contributed by atoms with Crippen LogP contribution in [0.5, 0.6) is 0 Å². The predicted octanol–water partition coefficient (Wildman–Crippen LogP) is 0.221. The minimum Gasteiger partial charge on any atom is -0.481 e. The Hall–Kier alpha value is -0.650. The van der Waals surface area contributed by atoms with E-state index < -0.39 is 23.8 Å². The Kier molecular flexibility index (Phi) is 2.24. The maximum Gasteiger partial charge on any atom is 0.309 e. The number of fused-ring (bicyclic) bond motifs is 1. The molecule has 2 aliphatic carbocycles. The van der Waals surface area contributed by atoms with Crippen molar-refractivity contribution < 1.29 is 24.5 Å². The molecule has 1 aliphatic heterocycles. The molecule has 1 heterocycles. The molecule has 0 aromatic rings. The first-order chi connectivity index (χ1) is 7.61. The van der Waals surface area contributed by atoms with Crippen LogP contribution in [0.15, 0.2) is 0 Å². The largest absolute Gasteiger partial charge is 0.481 e. The highest BCUT2D eigenvalue weighted by Gasteiger charge is 2.58. The Bertz CT molecular complexity index is 309. The molecule has 0 bridgehead atoms. The van der Waals surface area contributed by atoms with Crippen molar-refractivity contribution in [3.8, 4) is 0 Å². The number of ether oxygens (including phenoxy) is 2. The molecule has 5 nitrogen and oxygen atoms in total. The molecule has 1 saturated heterocycles. The zero-order valence-electron chi connectivity index (χ0n) is 8.96. The lowest BCUT2D eigenvalue weighted by molar-refractivity contribution is -0.162. The molecular weight excluding hydrogens is 212 g/mol. The third kappa shape index (κ3) is 1.38. The molecule has 16 heavy (non-hydrogen) atoms. The Morgan fingerprint density at radius 3 is 2.56 bits per heavy atom.